The molecule has 0 aliphatic rings. The third-order valence-electron chi connectivity index (χ3n) is 4.08. The lowest BCUT2D eigenvalue weighted by atomic mass is 9.97. The van der Waals surface area contributed by atoms with Crippen LogP contribution in [-0.2, 0) is 10.0 Å². The minimum Gasteiger partial charge on any atom is -0.497 e. The van der Waals surface area contributed by atoms with Gasteiger partial charge in [-0.25, -0.2) is 13.1 Å². The maximum absolute atomic E-state index is 12.9. The number of nitrogens with one attached hydrogen (secondary N) is 1. The summed E-state index contributed by atoms with van der Waals surface area (Å²) in [5.41, 5.74) is 0.185. The van der Waals surface area contributed by atoms with Crippen molar-refractivity contribution in [2.75, 3.05) is 14.2 Å². The van der Waals surface area contributed by atoms with E-state index in [1.54, 1.807) is 31.4 Å². The number of rotatable bonds is 8. The first kappa shape index (κ1) is 20.7. The summed E-state index contributed by atoms with van der Waals surface area (Å²) in [7, 11) is -1.25. The van der Waals surface area contributed by atoms with E-state index in [0.717, 1.165) is 11.6 Å². The molecule has 2 aromatic rings. The normalized spacial score (nSPS) is 12.6. The monoisotopic (exact) mass is 394 g/mol. The lowest BCUT2D eigenvalue weighted by Crippen LogP contribution is -2.32. The van der Waals surface area contributed by atoms with Gasteiger partial charge < -0.3 is 9.47 Å². The highest BCUT2D eigenvalue weighted by Crippen LogP contribution is 2.31. The molecule has 0 radical (unpaired) electrons. The predicted octanol–water partition coefficient (Wildman–Crippen LogP) is 3.29. The van der Waals surface area contributed by atoms with Gasteiger partial charge in [-0.05, 0) is 35.7 Å². The van der Waals surface area contributed by atoms with Crippen LogP contribution < -0.4 is 14.2 Å². The minimum atomic E-state index is -4.15. The molecule has 0 saturated heterocycles. The number of nitro groups is 1. The van der Waals surface area contributed by atoms with E-state index in [1.807, 2.05) is 13.8 Å². The second-order valence-corrected chi connectivity index (χ2v) is 7.89. The van der Waals surface area contributed by atoms with E-state index in [0.29, 0.717) is 5.75 Å². The van der Waals surface area contributed by atoms with Gasteiger partial charge in [0.2, 0.25) is 10.0 Å². The number of nitrogens with zero attached hydrogens (tertiary/aromatic N) is 1. The van der Waals surface area contributed by atoms with E-state index in [9.17, 15) is 18.5 Å². The van der Waals surface area contributed by atoms with E-state index >= 15 is 0 Å². The Morgan fingerprint density at radius 3 is 2.04 bits per heavy atom. The standard InChI is InChI=1S/C18H22N2O6S/c1-12(2)18(13-5-7-14(25-3)8-6-13)19-27(23,24)17-10-9-15(26-4)11-16(17)20(21)22/h5-12,18-19H,1-4H3. The summed E-state index contributed by atoms with van der Waals surface area (Å²) >= 11 is 0. The van der Waals surface area contributed by atoms with Gasteiger partial charge >= 0.3 is 0 Å². The fraction of sp³-hybridized carbons (Fsp3) is 0.333. The van der Waals surface area contributed by atoms with Gasteiger partial charge in [-0.2, -0.15) is 0 Å². The third-order valence-corrected chi connectivity index (χ3v) is 5.56. The third kappa shape index (κ3) is 4.75. The molecule has 1 unspecified atom stereocenters. The fourth-order valence-electron chi connectivity index (χ4n) is 2.62. The van der Waals surface area contributed by atoms with Crippen LogP contribution in [-0.4, -0.2) is 27.6 Å². The summed E-state index contributed by atoms with van der Waals surface area (Å²) in [6.07, 6.45) is 0. The molecule has 0 aliphatic heterocycles. The zero-order valence-corrected chi connectivity index (χ0v) is 16.3. The van der Waals surface area contributed by atoms with Crippen molar-refractivity contribution < 1.29 is 22.8 Å². The number of hydrogen-bond acceptors (Lipinski definition) is 6. The Bertz CT molecular complexity index is 910. The van der Waals surface area contributed by atoms with Crippen LogP contribution in [0.15, 0.2) is 47.4 Å². The van der Waals surface area contributed by atoms with Gasteiger partial charge in [-0.1, -0.05) is 26.0 Å². The topological polar surface area (TPSA) is 108 Å². The van der Waals surface area contributed by atoms with Gasteiger partial charge in [0.1, 0.15) is 11.5 Å². The number of hydrogen-bond donors (Lipinski definition) is 1. The van der Waals surface area contributed by atoms with Gasteiger partial charge in [-0.15, -0.1) is 0 Å². The first-order valence-corrected chi connectivity index (χ1v) is 9.66. The molecule has 8 nitrogen and oxygen atoms in total. The second kappa shape index (κ2) is 8.36. The van der Waals surface area contributed by atoms with E-state index in [1.165, 1.54) is 19.2 Å². The quantitative estimate of drug-likeness (QED) is 0.544. The van der Waals surface area contributed by atoms with E-state index < -0.39 is 31.6 Å². The van der Waals surface area contributed by atoms with Crippen molar-refractivity contribution in [3.63, 3.8) is 0 Å². The molecular weight excluding hydrogens is 372 g/mol. The highest BCUT2D eigenvalue weighted by molar-refractivity contribution is 7.89. The smallest absolute Gasteiger partial charge is 0.293 e. The number of methoxy groups -OCH3 is 2. The molecule has 0 amide bonds. The van der Waals surface area contributed by atoms with Crippen molar-refractivity contribution in [1.82, 2.24) is 4.72 Å². The lowest BCUT2D eigenvalue weighted by molar-refractivity contribution is -0.387. The summed E-state index contributed by atoms with van der Waals surface area (Å²) in [5.74, 6) is 0.761. The Labute approximate surface area is 158 Å². The Morgan fingerprint density at radius 2 is 1.56 bits per heavy atom. The summed E-state index contributed by atoms with van der Waals surface area (Å²) in [6, 6.07) is 10.0. The maximum Gasteiger partial charge on any atom is 0.293 e. The predicted molar refractivity (Wildman–Crippen MR) is 101 cm³/mol. The van der Waals surface area contributed by atoms with Gasteiger partial charge in [0.15, 0.2) is 4.90 Å². The zero-order chi connectivity index (χ0) is 20.2. The molecule has 2 rings (SSSR count). The first-order valence-electron chi connectivity index (χ1n) is 8.18. The lowest BCUT2D eigenvalue weighted by Gasteiger charge is -2.23. The van der Waals surface area contributed by atoms with Crippen LogP contribution in [0.25, 0.3) is 0 Å². The van der Waals surface area contributed by atoms with Crippen molar-refractivity contribution in [2.45, 2.75) is 24.8 Å². The van der Waals surface area contributed by atoms with Crippen LogP contribution in [0.1, 0.15) is 25.5 Å². The summed E-state index contributed by atoms with van der Waals surface area (Å²) in [5, 5.41) is 11.3. The van der Waals surface area contributed by atoms with Crippen LogP contribution >= 0.6 is 0 Å². The van der Waals surface area contributed by atoms with Crippen LogP contribution in [0.3, 0.4) is 0 Å². The highest BCUT2D eigenvalue weighted by atomic mass is 32.2. The van der Waals surface area contributed by atoms with Gasteiger partial charge in [0.05, 0.1) is 25.2 Å². The van der Waals surface area contributed by atoms with Gasteiger partial charge in [0.25, 0.3) is 5.69 Å². The fourth-order valence-corrected chi connectivity index (χ4v) is 4.15. The largest absolute Gasteiger partial charge is 0.497 e. The molecule has 0 bridgehead atoms. The second-order valence-electron chi connectivity index (χ2n) is 6.21. The van der Waals surface area contributed by atoms with Crippen LogP contribution in [0.4, 0.5) is 5.69 Å². The molecule has 0 aromatic heterocycles. The maximum atomic E-state index is 12.9. The van der Waals surface area contributed by atoms with Crippen molar-refractivity contribution in [2.24, 2.45) is 5.92 Å². The molecule has 0 spiro atoms. The number of ether oxygens (including phenoxy) is 2. The minimum absolute atomic E-state index is 0.0922. The molecule has 1 atom stereocenters. The Morgan fingerprint density at radius 1 is 1.00 bits per heavy atom. The average molecular weight is 394 g/mol. The molecule has 0 heterocycles. The van der Waals surface area contributed by atoms with Crippen LogP contribution in [0.5, 0.6) is 11.5 Å². The summed E-state index contributed by atoms with van der Waals surface area (Å²) < 4.78 is 38.4. The molecule has 2 aromatic carbocycles. The van der Waals surface area contributed by atoms with Crippen molar-refractivity contribution >= 4 is 15.7 Å². The zero-order valence-electron chi connectivity index (χ0n) is 15.5. The number of nitro benzene ring substituents is 1. The Balaban J connectivity index is 2.44. The molecule has 0 saturated carbocycles. The van der Waals surface area contributed by atoms with Gasteiger partial charge in [0, 0.05) is 6.04 Å². The van der Waals surface area contributed by atoms with E-state index in [4.69, 9.17) is 9.47 Å². The van der Waals surface area contributed by atoms with E-state index in [2.05, 4.69) is 4.72 Å². The van der Waals surface area contributed by atoms with Crippen molar-refractivity contribution in [3.8, 4) is 11.5 Å². The highest BCUT2D eigenvalue weighted by Gasteiger charge is 2.30. The number of benzene rings is 2. The molecule has 1 N–H and O–H groups in total. The van der Waals surface area contributed by atoms with Crippen LogP contribution in [0, 0.1) is 16.0 Å². The van der Waals surface area contributed by atoms with E-state index in [-0.39, 0.29) is 11.7 Å². The Kier molecular flexibility index (Phi) is 6.40. The number of sulfonamides is 1. The van der Waals surface area contributed by atoms with Gasteiger partial charge in [-0.3, -0.25) is 10.1 Å². The molecule has 27 heavy (non-hydrogen) atoms. The molecule has 0 aliphatic carbocycles. The summed E-state index contributed by atoms with van der Waals surface area (Å²) in [6.45, 7) is 3.72. The SMILES string of the molecule is COc1ccc(C(NS(=O)(=O)c2ccc(OC)cc2[N+](=O)[O-])C(C)C)cc1. The molecule has 146 valence electrons. The Hall–Kier alpha value is -2.65. The van der Waals surface area contributed by atoms with Crippen LogP contribution in [0.2, 0.25) is 0 Å². The molecular formula is C18H22N2O6S. The van der Waals surface area contributed by atoms with Crippen molar-refractivity contribution in [3.05, 3.63) is 58.1 Å². The van der Waals surface area contributed by atoms with Crippen molar-refractivity contribution in [1.29, 1.82) is 0 Å². The molecule has 0 fully saturated rings. The average Bonchev–Trinajstić information content (AvgIpc) is 2.65. The first-order chi connectivity index (χ1) is 12.7. The summed E-state index contributed by atoms with van der Waals surface area (Å²) in [4.78, 5) is 10.2. The molecule has 9 heteroatoms.